The van der Waals surface area contributed by atoms with E-state index in [0.717, 1.165) is 30.1 Å². The first kappa shape index (κ1) is 17.9. The average molecular weight is 352 g/mol. The lowest BCUT2D eigenvalue weighted by molar-refractivity contribution is 0.282. The fourth-order valence-corrected chi connectivity index (χ4v) is 2.69. The smallest absolute Gasteiger partial charge is 0.226 e. The van der Waals surface area contributed by atoms with Crippen LogP contribution in [0.5, 0.6) is 5.75 Å². The number of halogens is 1. The van der Waals surface area contributed by atoms with Crippen LogP contribution in [0.2, 0.25) is 0 Å². The lowest BCUT2D eigenvalue weighted by Crippen LogP contribution is -2.23. The van der Waals surface area contributed by atoms with Gasteiger partial charge in [0.2, 0.25) is 5.89 Å². The van der Waals surface area contributed by atoms with Crippen LogP contribution in [0.3, 0.4) is 0 Å². The van der Waals surface area contributed by atoms with Gasteiger partial charge in [-0.2, -0.15) is 0 Å². The van der Waals surface area contributed by atoms with E-state index in [9.17, 15) is 4.39 Å². The van der Waals surface area contributed by atoms with Crippen LogP contribution in [0.15, 0.2) is 71.9 Å². The number of hydrogen-bond donors (Lipinski definition) is 0. The van der Waals surface area contributed by atoms with E-state index in [0.29, 0.717) is 12.4 Å². The van der Waals surface area contributed by atoms with Gasteiger partial charge in [0.25, 0.3) is 0 Å². The molecular weight excluding hydrogens is 331 g/mol. The third kappa shape index (κ3) is 4.58. The number of hydrogen-bond acceptors (Lipinski definition) is 4. The molecule has 0 radical (unpaired) electrons. The van der Waals surface area contributed by atoms with Gasteiger partial charge in [-0.15, -0.1) is 6.58 Å². The monoisotopic (exact) mass is 352 g/mol. The van der Waals surface area contributed by atoms with Crippen LogP contribution < -0.4 is 4.74 Å². The zero-order valence-electron chi connectivity index (χ0n) is 14.7. The Morgan fingerprint density at radius 2 is 1.85 bits per heavy atom. The van der Waals surface area contributed by atoms with Gasteiger partial charge in [-0.05, 0) is 42.0 Å². The van der Waals surface area contributed by atoms with Crippen LogP contribution in [0.1, 0.15) is 11.3 Å². The van der Waals surface area contributed by atoms with Crippen LogP contribution in [0.4, 0.5) is 4.39 Å². The maximum Gasteiger partial charge on any atom is 0.226 e. The van der Waals surface area contributed by atoms with E-state index < -0.39 is 0 Å². The minimum Gasteiger partial charge on any atom is -0.497 e. The molecule has 0 aliphatic rings. The molecule has 0 fully saturated rings. The van der Waals surface area contributed by atoms with Crippen molar-refractivity contribution in [1.29, 1.82) is 0 Å². The molecule has 2 aromatic carbocycles. The number of ether oxygens (including phenoxy) is 1. The molecule has 0 bridgehead atoms. The summed E-state index contributed by atoms with van der Waals surface area (Å²) in [6, 6.07) is 14.1. The van der Waals surface area contributed by atoms with Crippen molar-refractivity contribution in [2.24, 2.45) is 0 Å². The van der Waals surface area contributed by atoms with Crippen molar-refractivity contribution in [1.82, 2.24) is 9.88 Å². The predicted molar refractivity (Wildman–Crippen MR) is 99.2 cm³/mol. The van der Waals surface area contributed by atoms with Crippen LogP contribution in [0, 0.1) is 5.82 Å². The van der Waals surface area contributed by atoms with Gasteiger partial charge in [-0.25, -0.2) is 9.37 Å². The summed E-state index contributed by atoms with van der Waals surface area (Å²) in [6.07, 6.45) is 3.51. The summed E-state index contributed by atoms with van der Waals surface area (Å²) in [7, 11) is 1.66. The molecule has 4 nitrogen and oxygen atoms in total. The van der Waals surface area contributed by atoms with Gasteiger partial charge in [0.15, 0.2) is 0 Å². The van der Waals surface area contributed by atoms with Crippen molar-refractivity contribution < 1.29 is 13.5 Å². The quantitative estimate of drug-likeness (QED) is 0.552. The van der Waals surface area contributed by atoms with Gasteiger partial charge in [-0.1, -0.05) is 18.2 Å². The van der Waals surface area contributed by atoms with Gasteiger partial charge >= 0.3 is 0 Å². The summed E-state index contributed by atoms with van der Waals surface area (Å²) in [6.45, 7) is 5.94. The Kier molecular flexibility index (Phi) is 5.81. The van der Waals surface area contributed by atoms with E-state index in [1.165, 1.54) is 17.7 Å². The molecular formula is C21H21FN2O2. The first-order valence-electron chi connectivity index (χ1n) is 8.34. The Bertz CT molecular complexity index is 841. The van der Waals surface area contributed by atoms with Crippen molar-refractivity contribution in [3.05, 3.63) is 84.5 Å². The Morgan fingerprint density at radius 1 is 1.12 bits per heavy atom. The van der Waals surface area contributed by atoms with Crippen molar-refractivity contribution in [2.75, 3.05) is 13.7 Å². The van der Waals surface area contributed by atoms with Gasteiger partial charge in [0, 0.05) is 25.2 Å². The molecule has 1 heterocycles. The van der Waals surface area contributed by atoms with E-state index >= 15 is 0 Å². The average Bonchev–Trinajstić information content (AvgIpc) is 3.11. The number of nitrogens with zero attached hydrogens (tertiary/aromatic N) is 2. The minimum absolute atomic E-state index is 0.280. The van der Waals surface area contributed by atoms with Gasteiger partial charge in [0.05, 0.1) is 12.8 Å². The number of rotatable bonds is 8. The number of benzene rings is 2. The SMILES string of the molecule is C=CCN(Cc1ccc(OC)cc1)Cc1coc(-c2ccc(F)cc2)n1. The molecule has 26 heavy (non-hydrogen) atoms. The topological polar surface area (TPSA) is 38.5 Å². The minimum atomic E-state index is -0.280. The molecule has 0 amide bonds. The molecule has 0 aliphatic heterocycles. The van der Waals surface area contributed by atoms with Crippen molar-refractivity contribution in [3.8, 4) is 17.2 Å². The highest BCUT2D eigenvalue weighted by Gasteiger charge is 2.11. The fraction of sp³-hybridized carbons (Fsp3) is 0.190. The first-order chi connectivity index (χ1) is 12.7. The van der Waals surface area contributed by atoms with E-state index in [-0.39, 0.29) is 5.82 Å². The molecule has 0 spiro atoms. The lowest BCUT2D eigenvalue weighted by atomic mass is 10.2. The third-order valence-electron chi connectivity index (χ3n) is 3.98. The zero-order valence-corrected chi connectivity index (χ0v) is 14.7. The van der Waals surface area contributed by atoms with Crippen LogP contribution in [-0.4, -0.2) is 23.5 Å². The summed E-state index contributed by atoms with van der Waals surface area (Å²) >= 11 is 0. The molecule has 3 rings (SSSR count). The molecule has 134 valence electrons. The van der Waals surface area contributed by atoms with E-state index in [1.807, 2.05) is 30.3 Å². The third-order valence-corrected chi connectivity index (χ3v) is 3.98. The maximum absolute atomic E-state index is 13.0. The Hall–Kier alpha value is -2.92. The van der Waals surface area contributed by atoms with Crippen LogP contribution in [0.25, 0.3) is 11.5 Å². The van der Waals surface area contributed by atoms with Crippen molar-refractivity contribution in [2.45, 2.75) is 13.1 Å². The molecule has 0 atom stereocenters. The largest absolute Gasteiger partial charge is 0.497 e. The standard InChI is InChI=1S/C21H21FN2O2/c1-3-12-24(13-16-4-10-20(25-2)11-5-16)14-19-15-26-21(23-19)17-6-8-18(22)9-7-17/h3-11,15H,1,12-14H2,2H3. The van der Waals surface area contributed by atoms with Gasteiger partial charge < -0.3 is 9.15 Å². The van der Waals surface area contributed by atoms with Gasteiger partial charge in [0.1, 0.15) is 17.8 Å². The number of aromatic nitrogens is 1. The fourth-order valence-electron chi connectivity index (χ4n) is 2.69. The zero-order chi connectivity index (χ0) is 18.4. The van der Waals surface area contributed by atoms with E-state index in [4.69, 9.17) is 9.15 Å². The Morgan fingerprint density at radius 3 is 2.50 bits per heavy atom. The predicted octanol–water partition coefficient (Wildman–Crippen LogP) is 4.68. The number of oxazole rings is 1. The summed E-state index contributed by atoms with van der Waals surface area (Å²) < 4.78 is 23.8. The molecule has 1 aromatic heterocycles. The van der Waals surface area contributed by atoms with E-state index in [2.05, 4.69) is 16.5 Å². The van der Waals surface area contributed by atoms with E-state index in [1.54, 1.807) is 25.5 Å². The van der Waals surface area contributed by atoms with Crippen molar-refractivity contribution in [3.63, 3.8) is 0 Å². The highest BCUT2D eigenvalue weighted by atomic mass is 19.1. The highest BCUT2D eigenvalue weighted by Crippen LogP contribution is 2.20. The molecule has 3 aromatic rings. The highest BCUT2D eigenvalue weighted by molar-refractivity contribution is 5.52. The Labute approximate surface area is 152 Å². The Balaban J connectivity index is 1.69. The summed E-state index contributed by atoms with van der Waals surface area (Å²) in [5.74, 6) is 1.05. The second kappa shape index (κ2) is 8.45. The maximum atomic E-state index is 13.0. The lowest BCUT2D eigenvalue weighted by Gasteiger charge is -2.19. The van der Waals surface area contributed by atoms with Crippen molar-refractivity contribution >= 4 is 0 Å². The molecule has 0 unspecified atom stereocenters. The first-order valence-corrected chi connectivity index (χ1v) is 8.34. The summed E-state index contributed by atoms with van der Waals surface area (Å²) in [4.78, 5) is 6.73. The molecule has 0 aliphatic carbocycles. The molecule has 5 heteroatoms. The second-order valence-corrected chi connectivity index (χ2v) is 5.96. The summed E-state index contributed by atoms with van der Waals surface area (Å²) in [5.41, 5.74) is 2.75. The summed E-state index contributed by atoms with van der Waals surface area (Å²) in [5, 5.41) is 0. The normalized spacial score (nSPS) is 10.9. The number of methoxy groups -OCH3 is 1. The van der Waals surface area contributed by atoms with Gasteiger partial charge in [-0.3, -0.25) is 4.90 Å². The second-order valence-electron chi connectivity index (χ2n) is 5.96. The molecule has 0 saturated carbocycles. The van der Waals surface area contributed by atoms with Crippen LogP contribution in [-0.2, 0) is 13.1 Å². The molecule has 0 N–H and O–H groups in total. The van der Waals surface area contributed by atoms with Crippen LogP contribution >= 0.6 is 0 Å². The molecule has 0 saturated heterocycles.